The standard InChI is InChI=1S/C19H21F2N5O/c20-15-8-13(25-18-14-10-24-26-19(14)23-11-22-18)9-16(21)17(15)27-7-6-12-4-2-1-3-5-12/h1-5,10-11,13,15-17H,6-9H2,(H2,22,23,24,25,26)/t13-,15?,16?,17-. The van der Waals surface area contributed by atoms with Gasteiger partial charge < -0.3 is 10.1 Å². The summed E-state index contributed by atoms with van der Waals surface area (Å²) >= 11 is 0. The number of ether oxygens (including phenoxy) is 1. The number of rotatable bonds is 6. The lowest BCUT2D eigenvalue weighted by molar-refractivity contribution is -0.0704. The molecule has 1 aliphatic rings. The molecule has 2 atom stereocenters. The summed E-state index contributed by atoms with van der Waals surface area (Å²) in [7, 11) is 0. The number of fused-ring (bicyclic) bond motifs is 1. The zero-order chi connectivity index (χ0) is 18.6. The lowest BCUT2D eigenvalue weighted by Crippen LogP contribution is -2.46. The quantitative estimate of drug-likeness (QED) is 0.694. The second-order valence-electron chi connectivity index (χ2n) is 6.77. The molecule has 1 aliphatic carbocycles. The van der Waals surface area contributed by atoms with Gasteiger partial charge in [0.05, 0.1) is 18.2 Å². The normalized spacial score (nSPS) is 25.6. The monoisotopic (exact) mass is 373 g/mol. The van der Waals surface area contributed by atoms with Crippen LogP contribution in [0, 0.1) is 0 Å². The summed E-state index contributed by atoms with van der Waals surface area (Å²) in [5.41, 5.74) is 1.67. The van der Waals surface area contributed by atoms with E-state index >= 15 is 0 Å². The second-order valence-corrected chi connectivity index (χ2v) is 6.77. The van der Waals surface area contributed by atoms with Crippen LogP contribution in [0.15, 0.2) is 42.9 Å². The van der Waals surface area contributed by atoms with Gasteiger partial charge >= 0.3 is 0 Å². The molecule has 4 rings (SSSR count). The van der Waals surface area contributed by atoms with Gasteiger partial charge in [-0.25, -0.2) is 18.7 Å². The topological polar surface area (TPSA) is 75.7 Å². The van der Waals surface area contributed by atoms with Crippen molar-refractivity contribution in [3.8, 4) is 0 Å². The minimum atomic E-state index is -1.37. The molecule has 0 spiro atoms. The van der Waals surface area contributed by atoms with Crippen molar-refractivity contribution in [2.45, 2.75) is 43.8 Å². The van der Waals surface area contributed by atoms with Crippen molar-refractivity contribution in [3.05, 3.63) is 48.4 Å². The van der Waals surface area contributed by atoms with Crippen molar-refractivity contribution in [2.24, 2.45) is 0 Å². The summed E-state index contributed by atoms with van der Waals surface area (Å²) in [4.78, 5) is 8.23. The fourth-order valence-electron chi connectivity index (χ4n) is 3.49. The van der Waals surface area contributed by atoms with E-state index in [2.05, 4.69) is 25.5 Å². The number of benzene rings is 1. The predicted octanol–water partition coefficient (Wildman–Crippen LogP) is 3.23. The van der Waals surface area contributed by atoms with Crippen LogP contribution in [0.25, 0.3) is 11.0 Å². The van der Waals surface area contributed by atoms with Crippen LogP contribution < -0.4 is 5.32 Å². The van der Waals surface area contributed by atoms with E-state index in [4.69, 9.17) is 4.74 Å². The first-order chi connectivity index (χ1) is 13.2. The molecule has 6 nitrogen and oxygen atoms in total. The lowest BCUT2D eigenvalue weighted by atomic mass is 9.89. The van der Waals surface area contributed by atoms with Gasteiger partial charge in [-0.15, -0.1) is 0 Å². The molecule has 2 aromatic heterocycles. The van der Waals surface area contributed by atoms with Gasteiger partial charge in [-0.3, -0.25) is 5.10 Å². The van der Waals surface area contributed by atoms with Crippen molar-refractivity contribution in [1.82, 2.24) is 20.2 Å². The van der Waals surface area contributed by atoms with Crippen LogP contribution >= 0.6 is 0 Å². The Balaban J connectivity index is 1.33. The van der Waals surface area contributed by atoms with Gasteiger partial charge in [0, 0.05) is 18.9 Å². The lowest BCUT2D eigenvalue weighted by Gasteiger charge is -2.35. The van der Waals surface area contributed by atoms with Gasteiger partial charge in [-0.05, 0) is 12.0 Å². The highest BCUT2D eigenvalue weighted by atomic mass is 19.1. The van der Waals surface area contributed by atoms with Crippen molar-refractivity contribution in [1.29, 1.82) is 0 Å². The van der Waals surface area contributed by atoms with Crippen LogP contribution in [0.5, 0.6) is 0 Å². The molecule has 1 aromatic carbocycles. The fraction of sp³-hybridized carbons (Fsp3) is 0.421. The number of aromatic amines is 1. The van der Waals surface area contributed by atoms with Gasteiger partial charge in [-0.1, -0.05) is 30.3 Å². The smallest absolute Gasteiger partial charge is 0.160 e. The number of hydrogen-bond acceptors (Lipinski definition) is 5. The highest BCUT2D eigenvalue weighted by Gasteiger charge is 2.39. The molecule has 0 bridgehead atoms. The summed E-state index contributed by atoms with van der Waals surface area (Å²) in [6.45, 7) is 0.301. The molecular weight excluding hydrogens is 352 g/mol. The summed E-state index contributed by atoms with van der Waals surface area (Å²) in [6.07, 6.45) is 0.187. The Bertz CT molecular complexity index is 863. The highest BCUT2D eigenvalue weighted by molar-refractivity contribution is 5.85. The third-order valence-corrected chi connectivity index (χ3v) is 4.87. The number of nitrogens with zero attached hydrogens (tertiary/aromatic N) is 3. The van der Waals surface area contributed by atoms with E-state index < -0.39 is 18.4 Å². The van der Waals surface area contributed by atoms with E-state index in [0.717, 1.165) is 5.56 Å². The SMILES string of the molecule is FC1C[C@H](Nc2ncnc3[nH]ncc23)CC(F)[C@H]1OCCc1ccccc1. The van der Waals surface area contributed by atoms with E-state index in [9.17, 15) is 8.78 Å². The Kier molecular flexibility index (Phi) is 5.24. The maximum absolute atomic E-state index is 14.6. The number of halogens is 2. The largest absolute Gasteiger partial charge is 0.372 e. The van der Waals surface area contributed by atoms with Crippen LogP contribution in [0.4, 0.5) is 14.6 Å². The van der Waals surface area contributed by atoms with E-state index in [-0.39, 0.29) is 18.9 Å². The van der Waals surface area contributed by atoms with Gasteiger partial charge in [0.2, 0.25) is 0 Å². The van der Waals surface area contributed by atoms with Crippen LogP contribution in [0.2, 0.25) is 0 Å². The van der Waals surface area contributed by atoms with Crippen molar-refractivity contribution in [3.63, 3.8) is 0 Å². The first kappa shape index (κ1) is 17.8. The maximum atomic E-state index is 14.6. The third-order valence-electron chi connectivity index (χ3n) is 4.87. The molecule has 1 fully saturated rings. The number of anilines is 1. The van der Waals surface area contributed by atoms with Crippen molar-refractivity contribution < 1.29 is 13.5 Å². The Morgan fingerprint density at radius 1 is 1.11 bits per heavy atom. The third kappa shape index (κ3) is 4.05. The molecule has 0 saturated heterocycles. The highest BCUT2D eigenvalue weighted by Crippen LogP contribution is 2.30. The summed E-state index contributed by atoms with van der Waals surface area (Å²) in [5.74, 6) is 0.529. The Morgan fingerprint density at radius 3 is 2.67 bits per heavy atom. The van der Waals surface area contributed by atoms with Crippen LogP contribution in [-0.2, 0) is 11.2 Å². The molecule has 2 N–H and O–H groups in total. The second kappa shape index (κ2) is 7.96. The number of alkyl halides is 2. The molecule has 3 aromatic rings. The predicted molar refractivity (Wildman–Crippen MR) is 98.0 cm³/mol. The maximum Gasteiger partial charge on any atom is 0.160 e. The average molecular weight is 373 g/mol. The zero-order valence-corrected chi connectivity index (χ0v) is 14.7. The molecule has 0 amide bonds. The molecular formula is C19H21F2N5O. The van der Waals surface area contributed by atoms with Gasteiger partial charge in [0.15, 0.2) is 5.65 Å². The van der Waals surface area contributed by atoms with Crippen LogP contribution in [-0.4, -0.2) is 51.3 Å². The number of nitrogens with one attached hydrogen (secondary N) is 2. The van der Waals surface area contributed by atoms with E-state index in [1.807, 2.05) is 30.3 Å². The molecule has 2 heterocycles. The first-order valence-corrected chi connectivity index (χ1v) is 9.05. The van der Waals surface area contributed by atoms with Gasteiger partial charge in [0.1, 0.15) is 30.6 Å². The molecule has 8 heteroatoms. The van der Waals surface area contributed by atoms with Crippen molar-refractivity contribution >= 4 is 16.9 Å². The minimum absolute atomic E-state index is 0.166. The molecule has 27 heavy (non-hydrogen) atoms. The van der Waals surface area contributed by atoms with Gasteiger partial charge in [0.25, 0.3) is 0 Å². The van der Waals surface area contributed by atoms with E-state index in [1.54, 1.807) is 6.20 Å². The summed E-state index contributed by atoms with van der Waals surface area (Å²) < 4.78 is 34.7. The molecule has 142 valence electrons. The average Bonchev–Trinajstić information content (AvgIpc) is 3.15. The van der Waals surface area contributed by atoms with Crippen molar-refractivity contribution in [2.75, 3.05) is 11.9 Å². The van der Waals surface area contributed by atoms with Crippen LogP contribution in [0.1, 0.15) is 18.4 Å². The fourth-order valence-corrected chi connectivity index (χ4v) is 3.49. The molecule has 0 aliphatic heterocycles. The number of hydrogen-bond donors (Lipinski definition) is 2. The Labute approximate surface area is 155 Å². The van der Waals surface area contributed by atoms with E-state index in [1.165, 1.54) is 6.33 Å². The minimum Gasteiger partial charge on any atom is -0.372 e. The summed E-state index contributed by atoms with van der Waals surface area (Å²) in [6, 6.07) is 9.39. The zero-order valence-electron chi connectivity index (χ0n) is 14.7. The molecule has 2 unspecified atom stereocenters. The van der Waals surface area contributed by atoms with E-state index in [0.29, 0.717) is 29.9 Å². The summed E-state index contributed by atoms with van der Waals surface area (Å²) in [5, 5.41) is 10.5. The molecule has 0 radical (unpaired) electrons. The number of aromatic nitrogens is 4. The first-order valence-electron chi connectivity index (χ1n) is 9.05. The van der Waals surface area contributed by atoms with Crippen LogP contribution in [0.3, 0.4) is 0 Å². The number of H-pyrrole nitrogens is 1. The Hall–Kier alpha value is -2.61. The Morgan fingerprint density at radius 2 is 1.89 bits per heavy atom. The molecule has 1 saturated carbocycles. The van der Waals surface area contributed by atoms with Gasteiger partial charge in [-0.2, -0.15) is 5.10 Å².